The van der Waals surface area contributed by atoms with E-state index in [1.54, 1.807) is 41.8 Å². The summed E-state index contributed by atoms with van der Waals surface area (Å²) in [6, 6.07) is 8.15. The first kappa shape index (κ1) is 22.1. The molecule has 1 unspecified atom stereocenters. The van der Waals surface area contributed by atoms with Gasteiger partial charge in [0.1, 0.15) is 11.8 Å². The number of benzene rings is 1. The fourth-order valence-corrected chi connectivity index (χ4v) is 4.43. The van der Waals surface area contributed by atoms with Crippen LogP contribution in [0.1, 0.15) is 42.2 Å². The van der Waals surface area contributed by atoms with E-state index in [2.05, 4.69) is 5.32 Å². The maximum atomic E-state index is 13.5. The summed E-state index contributed by atoms with van der Waals surface area (Å²) in [5, 5.41) is 4.52. The van der Waals surface area contributed by atoms with Gasteiger partial charge >= 0.3 is 12.1 Å². The Bertz CT molecular complexity index is 847. The van der Waals surface area contributed by atoms with Crippen LogP contribution in [-0.2, 0) is 16.1 Å². The Morgan fingerprint density at radius 2 is 1.87 bits per heavy atom. The fraction of sp³-hybridized carbons (Fsp3) is 0.429. The maximum absolute atomic E-state index is 13.5. The number of hydrogen-bond acceptors (Lipinski definition) is 4. The predicted octanol–water partition coefficient (Wildman–Crippen LogP) is 4.45. The number of alkyl halides is 3. The number of halogens is 3. The van der Waals surface area contributed by atoms with Gasteiger partial charge in [-0.2, -0.15) is 13.2 Å². The minimum absolute atomic E-state index is 0.0798. The zero-order chi connectivity index (χ0) is 21.7. The van der Waals surface area contributed by atoms with Gasteiger partial charge in [0.25, 0.3) is 0 Å². The summed E-state index contributed by atoms with van der Waals surface area (Å²) in [5.41, 5.74) is 0.462. The van der Waals surface area contributed by atoms with E-state index in [4.69, 9.17) is 4.74 Å². The number of methoxy groups -OCH3 is 1. The van der Waals surface area contributed by atoms with Crippen molar-refractivity contribution in [3.8, 4) is 5.75 Å². The molecule has 5 nitrogen and oxygen atoms in total. The number of amides is 2. The second-order valence-electron chi connectivity index (χ2n) is 7.19. The van der Waals surface area contributed by atoms with Crippen LogP contribution in [0.2, 0.25) is 0 Å². The van der Waals surface area contributed by atoms with E-state index in [1.807, 2.05) is 0 Å². The Kier molecular flexibility index (Phi) is 7.02. The molecule has 1 aliphatic rings. The highest BCUT2D eigenvalue weighted by Gasteiger charge is 2.47. The highest BCUT2D eigenvalue weighted by atomic mass is 32.1. The van der Waals surface area contributed by atoms with E-state index in [1.165, 1.54) is 7.11 Å². The molecule has 3 rings (SSSR count). The lowest BCUT2D eigenvalue weighted by Crippen LogP contribution is -2.49. The van der Waals surface area contributed by atoms with Gasteiger partial charge in [-0.05, 0) is 42.0 Å². The number of hydrogen-bond donors (Lipinski definition) is 1. The second kappa shape index (κ2) is 9.51. The van der Waals surface area contributed by atoms with E-state index >= 15 is 0 Å². The molecular formula is C21H23F3N2O3S. The average Bonchev–Trinajstić information content (AvgIpc) is 3.41. The summed E-state index contributed by atoms with van der Waals surface area (Å²) >= 11 is 1.15. The van der Waals surface area contributed by atoms with Crippen molar-refractivity contribution in [2.45, 2.75) is 50.5 Å². The topological polar surface area (TPSA) is 58.6 Å². The van der Waals surface area contributed by atoms with Gasteiger partial charge in [0.2, 0.25) is 5.91 Å². The van der Waals surface area contributed by atoms with E-state index in [9.17, 15) is 22.8 Å². The lowest BCUT2D eigenvalue weighted by atomic mass is 10.1. The van der Waals surface area contributed by atoms with Gasteiger partial charge in [-0.1, -0.05) is 31.0 Å². The molecule has 1 aliphatic carbocycles. The highest BCUT2D eigenvalue weighted by molar-refractivity contribution is 7.10. The number of rotatable bonds is 7. The monoisotopic (exact) mass is 440 g/mol. The van der Waals surface area contributed by atoms with Gasteiger partial charge in [-0.3, -0.25) is 9.59 Å². The number of nitrogens with one attached hydrogen (secondary N) is 1. The normalized spacial score (nSPS) is 15.6. The number of ether oxygens (including phenoxy) is 1. The van der Waals surface area contributed by atoms with Crippen LogP contribution in [0.25, 0.3) is 0 Å². The number of thiophene rings is 1. The molecule has 1 atom stereocenters. The molecule has 1 aromatic heterocycles. The van der Waals surface area contributed by atoms with Gasteiger partial charge in [0.15, 0.2) is 0 Å². The minimum atomic E-state index is -5.10. The zero-order valence-electron chi connectivity index (χ0n) is 16.4. The first-order valence-corrected chi connectivity index (χ1v) is 10.5. The third-order valence-electron chi connectivity index (χ3n) is 5.09. The van der Waals surface area contributed by atoms with Crippen molar-refractivity contribution in [2.75, 3.05) is 7.11 Å². The van der Waals surface area contributed by atoms with E-state index in [0.29, 0.717) is 21.1 Å². The lowest BCUT2D eigenvalue weighted by Gasteiger charge is -2.32. The summed E-state index contributed by atoms with van der Waals surface area (Å²) < 4.78 is 45.4. The zero-order valence-corrected chi connectivity index (χ0v) is 17.3. The first-order valence-electron chi connectivity index (χ1n) is 9.64. The Morgan fingerprint density at radius 1 is 1.20 bits per heavy atom. The number of nitrogens with zero attached hydrogens (tertiary/aromatic N) is 1. The first-order chi connectivity index (χ1) is 14.3. The largest absolute Gasteiger partial charge is 0.497 e. The van der Waals surface area contributed by atoms with Crippen LogP contribution in [0.5, 0.6) is 5.75 Å². The predicted molar refractivity (Wildman–Crippen MR) is 107 cm³/mol. The Hall–Kier alpha value is -2.55. The molecule has 2 aromatic rings. The fourth-order valence-electron chi connectivity index (χ4n) is 3.59. The molecular weight excluding hydrogens is 417 g/mol. The molecule has 162 valence electrons. The van der Waals surface area contributed by atoms with E-state index in [-0.39, 0.29) is 12.6 Å². The maximum Gasteiger partial charge on any atom is 0.471 e. The van der Waals surface area contributed by atoms with Crippen LogP contribution in [0.15, 0.2) is 41.8 Å². The molecule has 1 N–H and O–H groups in total. The Balaban J connectivity index is 1.94. The lowest BCUT2D eigenvalue weighted by molar-refractivity contribution is -0.189. The van der Waals surface area contributed by atoms with Crippen molar-refractivity contribution >= 4 is 23.2 Å². The Morgan fingerprint density at radius 3 is 2.40 bits per heavy atom. The summed E-state index contributed by atoms with van der Waals surface area (Å²) in [7, 11) is 1.48. The highest BCUT2D eigenvalue weighted by Crippen LogP contribution is 2.32. The van der Waals surface area contributed by atoms with Crippen LogP contribution in [0.4, 0.5) is 13.2 Å². The van der Waals surface area contributed by atoms with Crippen molar-refractivity contribution in [1.82, 2.24) is 10.2 Å². The quantitative estimate of drug-likeness (QED) is 0.692. The summed E-state index contributed by atoms with van der Waals surface area (Å²) in [5.74, 6) is -2.09. The van der Waals surface area contributed by atoms with E-state index < -0.39 is 24.0 Å². The molecule has 0 spiro atoms. The van der Waals surface area contributed by atoms with Crippen molar-refractivity contribution in [3.63, 3.8) is 0 Å². The summed E-state index contributed by atoms with van der Waals surface area (Å²) in [6.07, 6.45) is -1.60. The molecule has 1 fully saturated rings. The molecule has 0 bridgehead atoms. The average molecular weight is 440 g/mol. The van der Waals surface area contributed by atoms with E-state index in [0.717, 1.165) is 37.0 Å². The van der Waals surface area contributed by atoms with Gasteiger partial charge < -0.3 is 15.0 Å². The van der Waals surface area contributed by atoms with Crippen LogP contribution in [0.3, 0.4) is 0 Å². The SMILES string of the molecule is COc1ccc(CN(C(=O)C(F)(F)F)C(C(=O)NC2CCCC2)c2cccs2)cc1. The molecule has 0 radical (unpaired) electrons. The van der Waals surface area contributed by atoms with Crippen molar-refractivity contribution in [3.05, 3.63) is 52.2 Å². The van der Waals surface area contributed by atoms with Gasteiger partial charge in [-0.25, -0.2) is 0 Å². The molecule has 9 heteroatoms. The van der Waals surface area contributed by atoms with Gasteiger partial charge in [0, 0.05) is 17.5 Å². The molecule has 1 heterocycles. The molecule has 2 amide bonds. The molecule has 1 aromatic carbocycles. The summed E-state index contributed by atoms with van der Waals surface area (Å²) in [4.78, 5) is 26.4. The Labute approximate surface area is 176 Å². The third-order valence-corrected chi connectivity index (χ3v) is 6.01. The molecule has 0 aliphatic heterocycles. The summed E-state index contributed by atoms with van der Waals surface area (Å²) in [6.45, 7) is -0.358. The van der Waals surface area contributed by atoms with Gasteiger partial charge in [-0.15, -0.1) is 11.3 Å². The second-order valence-corrected chi connectivity index (χ2v) is 8.17. The number of carbonyl (C=O) groups excluding carboxylic acids is 2. The standard InChI is InChI=1S/C21H23F3N2O3S/c1-29-16-10-8-14(9-11-16)13-26(20(28)21(22,23)24)18(17-7-4-12-30-17)19(27)25-15-5-2-3-6-15/h4,7-12,15,18H,2-3,5-6,13H2,1H3,(H,25,27). The smallest absolute Gasteiger partial charge is 0.471 e. The molecule has 1 saturated carbocycles. The van der Waals surface area contributed by atoms with Gasteiger partial charge in [0.05, 0.1) is 7.11 Å². The van der Waals surface area contributed by atoms with Crippen LogP contribution in [0, 0.1) is 0 Å². The van der Waals surface area contributed by atoms with Crippen LogP contribution < -0.4 is 10.1 Å². The van der Waals surface area contributed by atoms with Crippen molar-refractivity contribution < 1.29 is 27.5 Å². The van der Waals surface area contributed by atoms with Crippen molar-refractivity contribution in [2.24, 2.45) is 0 Å². The minimum Gasteiger partial charge on any atom is -0.497 e. The van der Waals surface area contributed by atoms with Crippen LogP contribution >= 0.6 is 11.3 Å². The number of carbonyl (C=O) groups is 2. The van der Waals surface area contributed by atoms with Crippen molar-refractivity contribution in [1.29, 1.82) is 0 Å². The molecule has 0 saturated heterocycles. The third kappa shape index (κ3) is 5.33. The van der Waals surface area contributed by atoms with Crippen LogP contribution in [-0.4, -0.2) is 36.0 Å². The molecule has 30 heavy (non-hydrogen) atoms.